The molecule has 3 N–H and O–H groups in total. The summed E-state index contributed by atoms with van der Waals surface area (Å²) in [6.45, 7) is 5.42. The van der Waals surface area contributed by atoms with Crippen LogP contribution < -0.4 is 11.1 Å². The second-order valence-corrected chi connectivity index (χ2v) is 4.83. The second kappa shape index (κ2) is 5.79. The molecule has 1 heterocycles. The van der Waals surface area contributed by atoms with Crippen LogP contribution >= 0.6 is 0 Å². The quantitative estimate of drug-likeness (QED) is 0.862. The van der Waals surface area contributed by atoms with E-state index in [4.69, 9.17) is 5.73 Å². The van der Waals surface area contributed by atoms with Gasteiger partial charge in [-0.2, -0.15) is 4.68 Å². The molecule has 0 fully saturated rings. The van der Waals surface area contributed by atoms with Gasteiger partial charge in [-0.25, -0.2) is 0 Å². The zero-order valence-corrected chi connectivity index (χ0v) is 11.7. The Morgan fingerprint density at radius 1 is 1.40 bits per heavy atom. The topological polar surface area (TPSA) is 98.7 Å². The number of nitrogens with zero attached hydrogens (tertiary/aromatic N) is 4. The van der Waals surface area contributed by atoms with E-state index in [0.29, 0.717) is 11.5 Å². The van der Waals surface area contributed by atoms with Gasteiger partial charge >= 0.3 is 0 Å². The SMILES string of the molecule is Cc1nnnn1-c1cccc(NC(=O)C(C)C(C)N)c1. The largest absolute Gasteiger partial charge is 0.327 e. The van der Waals surface area contributed by atoms with Crippen LogP contribution in [0.25, 0.3) is 5.69 Å². The van der Waals surface area contributed by atoms with Gasteiger partial charge in [0.25, 0.3) is 0 Å². The Bertz CT molecular complexity index is 606. The predicted octanol–water partition coefficient (Wildman–Crippen LogP) is 0.893. The molecule has 0 aliphatic rings. The van der Waals surface area contributed by atoms with E-state index in [1.165, 1.54) is 0 Å². The lowest BCUT2D eigenvalue weighted by atomic mass is 10.0. The number of hydrogen-bond acceptors (Lipinski definition) is 5. The van der Waals surface area contributed by atoms with E-state index in [9.17, 15) is 4.79 Å². The first kappa shape index (κ1) is 14.1. The molecule has 0 radical (unpaired) electrons. The van der Waals surface area contributed by atoms with Crippen molar-refractivity contribution in [3.63, 3.8) is 0 Å². The lowest BCUT2D eigenvalue weighted by molar-refractivity contribution is -0.119. The maximum atomic E-state index is 12.0. The highest BCUT2D eigenvalue weighted by molar-refractivity contribution is 5.93. The van der Waals surface area contributed by atoms with Crippen LogP contribution in [0.5, 0.6) is 0 Å². The molecule has 7 heteroatoms. The Morgan fingerprint density at radius 3 is 2.75 bits per heavy atom. The van der Waals surface area contributed by atoms with Gasteiger partial charge in [-0.05, 0) is 42.5 Å². The summed E-state index contributed by atoms with van der Waals surface area (Å²) in [7, 11) is 0. The lowest BCUT2D eigenvalue weighted by Crippen LogP contribution is -2.34. The average Bonchev–Trinajstić information content (AvgIpc) is 2.84. The second-order valence-electron chi connectivity index (χ2n) is 4.83. The molecule has 2 unspecified atom stereocenters. The number of amides is 1. The van der Waals surface area contributed by atoms with Crippen LogP contribution in [0.1, 0.15) is 19.7 Å². The molecular formula is C13H18N6O. The summed E-state index contributed by atoms with van der Waals surface area (Å²) in [5.41, 5.74) is 7.21. The van der Waals surface area contributed by atoms with E-state index in [2.05, 4.69) is 20.8 Å². The van der Waals surface area contributed by atoms with Crippen LogP contribution in [0.4, 0.5) is 5.69 Å². The number of hydrogen-bond donors (Lipinski definition) is 2. The molecule has 7 nitrogen and oxygen atoms in total. The van der Waals surface area contributed by atoms with Crippen molar-refractivity contribution < 1.29 is 4.79 Å². The smallest absolute Gasteiger partial charge is 0.228 e. The monoisotopic (exact) mass is 274 g/mol. The minimum atomic E-state index is -0.256. The number of aryl methyl sites for hydroxylation is 1. The molecule has 0 saturated carbocycles. The molecule has 2 aromatic rings. The Labute approximate surface area is 117 Å². The molecule has 0 aliphatic heterocycles. The summed E-state index contributed by atoms with van der Waals surface area (Å²) in [5, 5.41) is 14.2. The zero-order valence-electron chi connectivity index (χ0n) is 11.7. The first-order valence-electron chi connectivity index (χ1n) is 6.41. The summed E-state index contributed by atoms with van der Waals surface area (Å²) in [5.74, 6) is 0.316. The van der Waals surface area contributed by atoms with Gasteiger partial charge in [0.1, 0.15) is 0 Å². The van der Waals surface area contributed by atoms with Crippen LogP contribution in [0.15, 0.2) is 24.3 Å². The Hall–Kier alpha value is -2.28. The summed E-state index contributed by atoms with van der Waals surface area (Å²) >= 11 is 0. The van der Waals surface area contributed by atoms with Crippen molar-refractivity contribution in [2.24, 2.45) is 11.7 Å². The number of aromatic nitrogens is 4. The molecule has 1 aromatic heterocycles. The fourth-order valence-corrected chi connectivity index (χ4v) is 1.68. The number of nitrogens with two attached hydrogens (primary N) is 1. The van der Waals surface area contributed by atoms with Crippen molar-refractivity contribution >= 4 is 11.6 Å². The van der Waals surface area contributed by atoms with E-state index < -0.39 is 0 Å². The number of rotatable bonds is 4. The predicted molar refractivity (Wildman–Crippen MR) is 75.3 cm³/mol. The van der Waals surface area contributed by atoms with Crippen LogP contribution in [0, 0.1) is 12.8 Å². The van der Waals surface area contributed by atoms with Crippen LogP contribution in [-0.4, -0.2) is 32.2 Å². The molecule has 0 saturated heterocycles. The zero-order chi connectivity index (χ0) is 14.7. The van der Waals surface area contributed by atoms with E-state index in [1.54, 1.807) is 11.6 Å². The van der Waals surface area contributed by atoms with Crippen LogP contribution in [-0.2, 0) is 4.79 Å². The fourth-order valence-electron chi connectivity index (χ4n) is 1.68. The van der Waals surface area contributed by atoms with Crippen molar-refractivity contribution in [2.45, 2.75) is 26.8 Å². The normalized spacial score (nSPS) is 13.8. The first-order valence-corrected chi connectivity index (χ1v) is 6.41. The van der Waals surface area contributed by atoms with Gasteiger partial charge < -0.3 is 11.1 Å². The minimum absolute atomic E-state index is 0.106. The number of benzene rings is 1. The third-order valence-electron chi connectivity index (χ3n) is 3.19. The van der Waals surface area contributed by atoms with Gasteiger partial charge in [0, 0.05) is 11.7 Å². The van der Waals surface area contributed by atoms with Gasteiger partial charge in [0.2, 0.25) is 5.91 Å². The van der Waals surface area contributed by atoms with Crippen molar-refractivity contribution in [2.75, 3.05) is 5.32 Å². The van der Waals surface area contributed by atoms with E-state index in [1.807, 2.05) is 38.1 Å². The standard InChI is InChI=1S/C13H18N6O/c1-8(9(2)14)13(20)15-11-5-4-6-12(7-11)19-10(3)16-17-18-19/h4-9H,14H2,1-3H3,(H,15,20). The summed E-state index contributed by atoms with van der Waals surface area (Å²) < 4.78 is 1.60. The molecule has 1 aromatic carbocycles. The van der Waals surface area contributed by atoms with Crippen molar-refractivity contribution in [1.82, 2.24) is 20.2 Å². The van der Waals surface area contributed by atoms with Gasteiger partial charge in [-0.1, -0.05) is 13.0 Å². The Morgan fingerprint density at radius 2 is 2.15 bits per heavy atom. The lowest BCUT2D eigenvalue weighted by Gasteiger charge is -2.15. The third kappa shape index (κ3) is 3.00. The maximum Gasteiger partial charge on any atom is 0.228 e. The molecule has 0 bridgehead atoms. The van der Waals surface area contributed by atoms with Crippen molar-refractivity contribution in [1.29, 1.82) is 0 Å². The summed E-state index contributed by atoms with van der Waals surface area (Å²) in [6, 6.07) is 7.14. The summed E-state index contributed by atoms with van der Waals surface area (Å²) in [6.07, 6.45) is 0. The van der Waals surface area contributed by atoms with Gasteiger partial charge in [0.15, 0.2) is 5.82 Å². The molecule has 20 heavy (non-hydrogen) atoms. The van der Waals surface area contributed by atoms with Crippen LogP contribution in [0.3, 0.4) is 0 Å². The number of tetrazole rings is 1. The third-order valence-corrected chi connectivity index (χ3v) is 3.19. The van der Waals surface area contributed by atoms with Gasteiger partial charge in [-0.15, -0.1) is 5.10 Å². The highest BCUT2D eigenvalue weighted by Gasteiger charge is 2.17. The molecule has 0 aliphatic carbocycles. The number of carbonyl (C=O) groups excluding carboxylic acids is 1. The molecule has 2 atom stereocenters. The first-order chi connectivity index (χ1) is 9.49. The molecular weight excluding hydrogens is 256 g/mol. The summed E-state index contributed by atoms with van der Waals surface area (Å²) in [4.78, 5) is 12.0. The number of anilines is 1. The van der Waals surface area contributed by atoms with Crippen LogP contribution in [0.2, 0.25) is 0 Å². The van der Waals surface area contributed by atoms with E-state index in [0.717, 1.165) is 5.69 Å². The highest BCUT2D eigenvalue weighted by atomic mass is 16.1. The average molecular weight is 274 g/mol. The molecule has 2 rings (SSSR count). The Balaban J connectivity index is 2.19. The molecule has 1 amide bonds. The van der Waals surface area contributed by atoms with Gasteiger partial charge in [-0.3, -0.25) is 4.79 Å². The highest BCUT2D eigenvalue weighted by Crippen LogP contribution is 2.15. The van der Waals surface area contributed by atoms with E-state index >= 15 is 0 Å². The number of carbonyl (C=O) groups is 1. The molecule has 106 valence electrons. The Kier molecular flexibility index (Phi) is 4.09. The number of nitrogens with one attached hydrogen (secondary N) is 1. The van der Waals surface area contributed by atoms with Gasteiger partial charge in [0.05, 0.1) is 11.6 Å². The van der Waals surface area contributed by atoms with Crippen molar-refractivity contribution in [3.05, 3.63) is 30.1 Å². The van der Waals surface area contributed by atoms with E-state index in [-0.39, 0.29) is 17.9 Å². The minimum Gasteiger partial charge on any atom is -0.327 e. The van der Waals surface area contributed by atoms with Crippen molar-refractivity contribution in [3.8, 4) is 5.69 Å². The maximum absolute atomic E-state index is 12.0. The fraction of sp³-hybridized carbons (Fsp3) is 0.385. The molecule has 0 spiro atoms.